The van der Waals surface area contributed by atoms with Crippen molar-refractivity contribution in [1.82, 2.24) is 0 Å². The van der Waals surface area contributed by atoms with Crippen LogP contribution in [0.4, 0.5) is 0 Å². The van der Waals surface area contributed by atoms with Crippen LogP contribution in [0.3, 0.4) is 0 Å². The Morgan fingerprint density at radius 2 is 1.81 bits per heavy atom. The summed E-state index contributed by atoms with van der Waals surface area (Å²) >= 11 is 8.02. The monoisotopic (exact) mass is 321 g/mol. The summed E-state index contributed by atoms with van der Waals surface area (Å²) in [7, 11) is 1.67. The molecule has 2 rings (SSSR count). The molecule has 0 amide bonds. The van der Waals surface area contributed by atoms with Crippen molar-refractivity contribution in [3.8, 4) is 5.75 Å². The Hall–Kier alpha value is -1.16. The molecule has 2 N–H and O–H groups in total. The van der Waals surface area contributed by atoms with E-state index in [1.807, 2.05) is 49.0 Å². The second-order valence-electron chi connectivity index (χ2n) is 4.96. The van der Waals surface area contributed by atoms with Crippen molar-refractivity contribution in [3.63, 3.8) is 0 Å². The van der Waals surface area contributed by atoms with E-state index < -0.39 is 0 Å². The van der Waals surface area contributed by atoms with Crippen LogP contribution in [0.5, 0.6) is 5.75 Å². The van der Waals surface area contributed by atoms with E-state index >= 15 is 0 Å². The highest BCUT2D eigenvalue weighted by molar-refractivity contribution is 7.98. The lowest BCUT2D eigenvalue weighted by Gasteiger charge is -2.21. The maximum Gasteiger partial charge on any atom is 0.118 e. The van der Waals surface area contributed by atoms with Crippen LogP contribution in [-0.2, 0) is 5.75 Å². The first-order valence-corrected chi connectivity index (χ1v) is 8.29. The quantitative estimate of drug-likeness (QED) is 0.839. The summed E-state index contributed by atoms with van der Waals surface area (Å²) in [6.45, 7) is 2.04. The standard InChI is InChI=1S/C17H20ClNOS/c1-12(19)17(13-7-9-15(20-2)10-8-13)21-11-14-5-3-4-6-16(14)18/h3-10,12,17H,11,19H2,1-2H3. The van der Waals surface area contributed by atoms with Crippen LogP contribution in [0.25, 0.3) is 0 Å². The zero-order chi connectivity index (χ0) is 15.2. The predicted molar refractivity (Wildman–Crippen MR) is 92.1 cm³/mol. The molecule has 0 heterocycles. The summed E-state index contributed by atoms with van der Waals surface area (Å²) in [4.78, 5) is 0. The fraction of sp³-hybridized carbons (Fsp3) is 0.294. The lowest BCUT2D eigenvalue weighted by Crippen LogP contribution is -2.22. The molecule has 0 aliphatic rings. The number of hydrogen-bond donors (Lipinski definition) is 1. The van der Waals surface area contributed by atoms with Gasteiger partial charge in [-0.1, -0.05) is 41.9 Å². The average Bonchev–Trinajstić information content (AvgIpc) is 2.49. The Bertz CT molecular complexity index is 571. The number of methoxy groups -OCH3 is 1. The lowest BCUT2D eigenvalue weighted by atomic mass is 10.1. The molecule has 0 bridgehead atoms. The number of hydrogen-bond acceptors (Lipinski definition) is 3. The first-order chi connectivity index (χ1) is 10.1. The zero-order valence-electron chi connectivity index (χ0n) is 12.3. The van der Waals surface area contributed by atoms with E-state index in [1.165, 1.54) is 5.56 Å². The normalized spacial score (nSPS) is 13.7. The third-order valence-electron chi connectivity index (χ3n) is 3.30. The van der Waals surface area contributed by atoms with Crippen molar-refractivity contribution in [2.45, 2.75) is 24.0 Å². The molecule has 2 aromatic rings. The van der Waals surface area contributed by atoms with Gasteiger partial charge in [0.25, 0.3) is 0 Å². The Balaban J connectivity index is 2.10. The fourth-order valence-corrected chi connectivity index (χ4v) is 3.69. The van der Waals surface area contributed by atoms with Crippen molar-refractivity contribution >= 4 is 23.4 Å². The molecule has 2 unspecified atom stereocenters. The number of benzene rings is 2. The molecule has 0 saturated heterocycles. The van der Waals surface area contributed by atoms with Gasteiger partial charge in [0.2, 0.25) is 0 Å². The first kappa shape index (κ1) is 16.2. The minimum absolute atomic E-state index is 0.0610. The van der Waals surface area contributed by atoms with Gasteiger partial charge in [-0.15, -0.1) is 11.8 Å². The molecule has 112 valence electrons. The Morgan fingerprint density at radius 1 is 1.14 bits per heavy atom. The van der Waals surface area contributed by atoms with Crippen LogP contribution in [0.1, 0.15) is 23.3 Å². The maximum absolute atomic E-state index is 6.21. The summed E-state index contributed by atoms with van der Waals surface area (Å²) in [5.74, 6) is 1.70. The SMILES string of the molecule is COc1ccc(C(SCc2ccccc2Cl)C(C)N)cc1. The van der Waals surface area contributed by atoms with E-state index in [9.17, 15) is 0 Å². The van der Waals surface area contributed by atoms with Gasteiger partial charge in [0.05, 0.1) is 7.11 Å². The van der Waals surface area contributed by atoms with E-state index in [2.05, 4.69) is 18.2 Å². The molecule has 2 nitrogen and oxygen atoms in total. The van der Waals surface area contributed by atoms with Crippen LogP contribution >= 0.6 is 23.4 Å². The number of halogens is 1. The third kappa shape index (κ3) is 4.40. The lowest BCUT2D eigenvalue weighted by molar-refractivity contribution is 0.414. The molecule has 0 aliphatic carbocycles. The molecule has 0 aliphatic heterocycles. The highest BCUT2D eigenvalue weighted by atomic mass is 35.5. The van der Waals surface area contributed by atoms with Gasteiger partial charge >= 0.3 is 0 Å². The van der Waals surface area contributed by atoms with Gasteiger partial charge < -0.3 is 10.5 Å². The van der Waals surface area contributed by atoms with Gasteiger partial charge in [0, 0.05) is 22.1 Å². The third-order valence-corrected chi connectivity index (χ3v) is 5.21. The van der Waals surface area contributed by atoms with Crippen LogP contribution in [0, 0.1) is 0 Å². The van der Waals surface area contributed by atoms with Gasteiger partial charge in [-0.25, -0.2) is 0 Å². The molecule has 0 radical (unpaired) electrons. The van der Waals surface area contributed by atoms with Crippen molar-refractivity contribution in [1.29, 1.82) is 0 Å². The maximum atomic E-state index is 6.21. The van der Waals surface area contributed by atoms with Crippen molar-refractivity contribution < 1.29 is 4.74 Å². The molecule has 4 heteroatoms. The summed E-state index contributed by atoms with van der Waals surface area (Å²) < 4.78 is 5.20. The number of thioether (sulfide) groups is 1. The van der Waals surface area contributed by atoms with E-state index in [4.69, 9.17) is 22.1 Å². The van der Waals surface area contributed by atoms with E-state index in [1.54, 1.807) is 7.11 Å². The minimum atomic E-state index is 0.0610. The van der Waals surface area contributed by atoms with Crippen LogP contribution in [0.15, 0.2) is 48.5 Å². The molecule has 0 fully saturated rings. The summed E-state index contributed by atoms with van der Waals surface area (Å²) in [5.41, 5.74) is 8.51. The molecule has 0 saturated carbocycles. The van der Waals surface area contributed by atoms with Gasteiger partial charge in [0.1, 0.15) is 5.75 Å². The van der Waals surface area contributed by atoms with Gasteiger partial charge in [0.15, 0.2) is 0 Å². The molecule has 2 aromatic carbocycles. The molecule has 0 aromatic heterocycles. The largest absolute Gasteiger partial charge is 0.497 e. The van der Waals surface area contributed by atoms with Crippen LogP contribution in [0.2, 0.25) is 5.02 Å². The molecular weight excluding hydrogens is 302 g/mol. The second kappa shape index (κ2) is 7.74. The van der Waals surface area contributed by atoms with E-state index in [0.29, 0.717) is 0 Å². The zero-order valence-corrected chi connectivity index (χ0v) is 13.8. The summed E-state index contributed by atoms with van der Waals surface area (Å²) in [6.07, 6.45) is 0. The van der Waals surface area contributed by atoms with Crippen LogP contribution < -0.4 is 10.5 Å². The van der Waals surface area contributed by atoms with Crippen molar-refractivity contribution in [3.05, 3.63) is 64.7 Å². The van der Waals surface area contributed by atoms with Gasteiger partial charge in [-0.05, 0) is 36.2 Å². The van der Waals surface area contributed by atoms with E-state index in [-0.39, 0.29) is 11.3 Å². The fourth-order valence-electron chi connectivity index (χ4n) is 2.14. The number of nitrogens with two attached hydrogens (primary N) is 1. The Kier molecular flexibility index (Phi) is 5.97. The number of ether oxygens (including phenoxy) is 1. The summed E-state index contributed by atoms with van der Waals surface area (Å²) in [6, 6.07) is 16.1. The topological polar surface area (TPSA) is 35.2 Å². The van der Waals surface area contributed by atoms with Gasteiger partial charge in [-0.2, -0.15) is 0 Å². The minimum Gasteiger partial charge on any atom is -0.497 e. The van der Waals surface area contributed by atoms with Crippen molar-refractivity contribution in [2.24, 2.45) is 5.73 Å². The van der Waals surface area contributed by atoms with Crippen molar-refractivity contribution in [2.75, 3.05) is 7.11 Å². The number of rotatable bonds is 6. The average molecular weight is 322 g/mol. The second-order valence-corrected chi connectivity index (χ2v) is 6.49. The molecule has 2 atom stereocenters. The summed E-state index contributed by atoms with van der Waals surface area (Å²) in [5, 5.41) is 1.04. The van der Waals surface area contributed by atoms with Gasteiger partial charge in [-0.3, -0.25) is 0 Å². The van der Waals surface area contributed by atoms with Crippen LogP contribution in [-0.4, -0.2) is 13.2 Å². The Morgan fingerprint density at radius 3 is 2.38 bits per heavy atom. The van der Waals surface area contributed by atoms with E-state index in [0.717, 1.165) is 22.1 Å². The molecule has 21 heavy (non-hydrogen) atoms. The molecule has 0 spiro atoms. The highest BCUT2D eigenvalue weighted by Crippen LogP contribution is 2.35. The highest BCUT2D eigenvalue weighted by Gasteiger charge is 2.17. The first-order valence-electron chi connectivity index (χ1n) is 6.86. The molecular formula is C17H20ClNOS. The predicted octanol–water partition coefficient (Wildman–Crippen LogP) is 4.67. The smallest absolute Gasteiger partial charge is 0.118 e. The Labute approximate surface area is 135 Å².